The van der Waals surface area contributed by atoms with Gasteiger partial charge in [0.15, 0.2) is 17.5 Å². The van der Waals surface area contributed by atoms with E-state index in [0.717, 1.165) is 16.7 Å². The Bertz CT molecular complexity index is 2040. The van der Waals surface area contributed by atoms with Gasteiger partial charge >= 0.3 is 20.9 Å². The number of aromatic nitrogens is 3. The van der Waals surface area contributed by atoms with E-state index in [4.69, 9.17) is 15.0 Å². The molecule has 0 N–H and O–H groups in total. The highest BCUT2D eigenvalue weighted by molar-refractivity contribution is 6.99. The quantitative estimate of drug-likeness (QED) is 0.212. The summed E-state index contributed by atoms with van der Waals surface area (Å²) < 4.78 is 7.38. The van der Waals surface area contributed by atoms with Crippen molar-refractivity contribution in [3.63, 3.8) is 0 Å². The van der Waals surface area contributed by atoms with Crippen molar-refractivity contribution in [1.82, 2.24) is 24.4 Å². The lowest BCUT2D eigenvalue weighted by Crippen LogP contribution is -2.75. The average Bonchev–Trinajstić information content (AvgIpc) is 3.15. The zero-order chi connectivity index (χ0) is 30.5. The minimum atomic E-state index is -0.0641. The standard InChI is InChI=1S/C37H27B3N6/c1-4-12-28(13-5-1)33-21-23-38-44-25-22-32(26-40(44)46-34-19-11-10-14-29(34)20-24-39(46)45(38)27-33)37-42-35(30-15-6-2-7-16-30)41-36(43-37)31-17-8-3-9-18-31/h1-27H. The number of allylic oxidation sites excluding steroid dienone is 4. The fourth-order valence-corrected chi connectivity index (χ4v) is 6.80. The van der Waals surface area contributed by atoms with E-state index in [1.54, 1.807) is 0 Å². The average molecular weight is 588 g/mol. The maximum atomic E-state index is 5.04. The van der Waals surface area contributed by atoms with Gasteiger partial charge in [-0.05, 0) is 41.2 Å². The molecule has 6 nitrogen and oxygen atoms in total. The van der Waals surface area contributed by atoms with Crippen LogP contribution in [-0.2, 0) is 0 Å². The molecule has 9 heteroatoms. The molecular formula is C37H27B3N6. The summed E-state index contributed by atoms with van der Waals surface area (Å²) in [5.74, 6) is 8.93. The molecule has 1 aromatic heterocycles. The SMILES string of the molecule is C1=CC(c2ccccc2)=CN2B1N1C=CC(c3nc(-c4ccccc4)nc(-c4ccccc4)n3)=CB1N1B2C=Cc2ccccc21. The van der Waals surface area contributed by atoms with Gasteiger partial charge in [0, 0.05) is 22.4 Å². The van der Waals surface area contributed by atoms with Gasteiger partial charge in [-0.1, -0.05) is 139 Å². The van der Waals surface area contributed by atoms with E-state index in [-0.39, 0.29) is 20.9 Å². The van der Waals surface area contributed by atoms with Crippen molar-refractivity contribution in [2.24, 2.45) is 0 Å². The number of hydrogen-bond donors (Lipinski definition) is 0. The first kappa shape index (κ1) is 26.6. The molecule has 0 aliphatic carbocycles. The number of hydrogen-bond acceptors (Lipinski definition) is 6. The third kappa shape index (κ3) is 4.51. The molecule has 9 rings (SSSR count). The lowest BCUT2D eigenvalue weighted by Gasteiger charge is -2.55. The van der Waals surface area contributed by atoms with Crippen molar-refractivity contribution in [3.05, 3.63) is 175 Å². The molecule has 1 saturated heterocycles. The summed E-state index contributed by atoms with van der Waals surface area (Å²) in [5.41, 5.74) is 7.71. The minimum absolute atomic E-state index is 0.0203. The van der Waals surface area contributed by atoms with E-state index < -0.39 is 0 Å². The predicted octanol–water partition coefficient (Wildman–Crippen LogP) is 6.96. The second-order valence-corrected chi connectivity index (χ2v) is 11.7. The molecule has 214 valence electrons. The Morgan fingerprint density at radius 1 is 0.457 bits per heavy atom. The summed E-state index contributed by atoms with van der Waals surface area (Å²) in [4.78, 5) is 15.0. The number of nitrogens with zero attached hydrogens (tertiary/aromatic N) is 6. The highest BCUT2D eigenvalue weighted by atomic mass is 15.3. The Morgan fingerprint density at radius 3 is 1.74 bits per heavy atom. The van der Waals surface area contributed by atoms with Crippen LogP contribution in [0.2, 0.25) is 0 Å². The van der Waals surface area contributed by atoms with Crippen LogP contribution in [0.1, 0.15) is 17.0 Å². The first-order valence-corrected chi connectivity index (χ1v) is 15.6. The van der Waals surface area contributed by atoms with Crippen LogP contribution in [0.3, 0.4) is 0 Å². The van der Waals surface area contributed by atoms with Crippen LogP contribution in [0.5, 0.6) is 0 Å². The van der Waals surface area contributed by atoms with E-state index in [1.807, 2.05) is 60.7 Å². The maximum Gasteiger partial charge on any atom is 0.381 e. The topological polar surface area (TPSA) is 48.4 Å². The molecule has 0 amide bonds. The summed E-state index contributed by atoms with van der Waals surface area (Å²) in [5, 5.41) is 0. The van der Waals surface area contributed by atoms with Crippen molar-refractivity contribution in [1.29, 1.82) is 0 Å². The van der Waals surface area contributed by atoms with Gasteiger partial charge in [-0.25, -0.2) is 15.0 Å². The molecule has 1 fully saturated rings. The van der Waals surface area contributed by atoms with Gasteiger partial charge in [-0.2, -0.15) is 0 Å². The molecule has 5 heterocycles. The third-order valence-corrected chi connectivity index (χ3v) is 9.01. The largest absolute Gasteiger partial charge is 0.423 e. The van der Waals surface area contributed by atoms with Crippen LogP contribution in [0.15, 0.2) is 158 Å². The lowest BCUT2D eigenvalue weighted by atomic mass is 9.40. The Kier molecular flexibility index (Phi) is 6.33. The van der Waals surface area contributed by atoms with Crippen LogP contribution >= 0.6 is 0 Å². The zero-order valence-corrected chi connectivity index (χ0v) is 25.0. The normalized spacial score (nSPS) is 16.0. The summed E-state index contributed by atoms with van der Waals surface area (Å²) >= 11 is 0. The minimum Gasteiger partial charge on any atom is -0.423 e. The van der Waals surface area contributed by atoms with Crippen molar-refractivity contribution in [3.8, 4) is 22.8 Å². The van der Waals surface area contributed by atoms with E-state index in [0.29, 0.717) is 17.5 Å². The van der Waals surface area contributed by atoms with Crippen molar-refractivity contribution in [2.75, 3.05) is 4.72 Å². The number of fused-ring (bicyclic) bond motifs is 8. The van der Waals surface area contributed by atoms with Gasteiger partial charge in [0.05, 0.1) is 0 Å². The second-order valence-electron chi connectivity index (χ2n) is 11.7. The van der Waals surface area contributed by atoms with Gasteiger partial charge < -0.3 is 14.2 Å². The number of benzene rings is 4. The molecule has 5 aromatic rings. The number of anilines is 1. The van der Waals surface area contributed by atoms with E-state index in [9.17, 15) is 0 Å². The fourth-order valence-electron chi connectivity index (χ4n) is 6.80. The van der Waals surface area contributed by atoms with Crippen LogP contribution in [0.4, 0.5) is 5.69 Å². The van der Waals surface area contributed by atoms with Gasteiger partial charge in [0.1, 0.15) is 0 Å². The van der Waals surface area contributed by atoms with Gasteiger partial charge in [-0.3, -0.25) is 0 Å². The van der Waals surface area contributed by atoms with E-state index in [1.165, 1.54) is 22.4 Å². The highest BCUT2D eigenvalue weighted by Crippen LogP contribution is 2.39. The first-order valence-electron chi connectivity index (χ1n) is 15.6. The highest BCUT2D eigenvalue weighted by Gasteiger charge is 2.52. The summed E-state index contributed by atoms with van der Waals surface area (Å²) in [6, 6.07) is 39.5. The fraction of sp³-hybridized carbons (Fsp3) is 0. The predicted molar refractivity (Wildman–Crippen MR) is 190 cm³/mol. The summed E-state index contributed by atoms with van der Waals surface area (Å²) in [6.07, 6.45) is 11.2. The van der Waals surface area contributed by atoms with Gasteiger partial charge in [-0.15, -0.1) is 0 Å². The molecule has 0 saturated carbocycles. The third-order valence-electron chi connectivity index (χ3n) is 9.01. The Morgan fingerprint density at radius 2 is 1.04 bits per heavy atom. The van der Waals surface area contributed by atoms with E-state index >= 15 is 0 Å². The summed E-state index contributed by atoms with van der Waals surface area (Å²) in [6.45, 7) is -0.00138. The van der Waals surface area contributed by atoms with Crippen LogP contribution in [-0.4, -0.2) is 45.3 Å². The van der Waals surface area contributed by atoms with Crippen molar-refractivity contribution < 1.29 is 0 Å². The maximum absolute atomic E-state index is 5.04. The molecule has 0 unspecified atom stereocenters. The molecule has 4 aliphatic heterocycles. The molecule has 4 aromatic carbocycles. The monoisotopic (exact) mass is 588 g/mol. The summed E-state index contributed by atoms with van der Waals surface area (Å²) in [7, 11) is 0. The number of para-hydroxylation sites is 1. The Labute approximate surface area is 269 Å². The van der Waals surface area contributed by atoms with Crippen molar-refractivity contribution >= 4 is 43.9 Å². The van der Waals surface area contributed by atoms with Crippen LogP contribution < -0.4 is 4.72 Å². The molecule has 0 bridgehead atoms. The second kappa shape index (κ2) is 11.0. The molecule has 0 radical (unpaired) electrons. The van der Waals surface area contributed by atoms with Crippen LogP contribution in [0.25, 0.3) is 40.0 Å². The van der Waals surface area contributed by atoms with Gasteiger partial charge in [0.25, 0.3) is 0 Å². The molecule has 4 aliphatic rings. The van der Waals surface area contributed by atoms with Crippen molar-refractivity contribution in [2.45, 2.75) is 0 Å². The molecule has 0 spiro atoms. The number of rotatable bonds is 4. The van der Waals surface area contributed by atoms with E-state index in [2.05, 4.69) is 117 Å². The molecular weight excluding hydrogens is 561 g/mol. The molecule has 46 heavy (non-hydrogen) atoms. The van der Waals surface area contributed by atoms with Gasteiger partial charge in [0.2, 0.25) is 0 Å². The zero-order valence-electron chi connectivity index (χ0n) is 25.0. The lowest BCUT2D eigenvalue weighted by molar-refractivity contribution is 0.728. The smallest absolute Gasteiger partial charge is 0.381 e. The Balaban J connectivity index is 1.17. The first-order chi connectivity index (χ1) is 22.8. The Hall–Kier alpha value is -5.82. The molecule has 0 atom stereocenters. The van der Waals surface area contributed by atoms with Crippen LogP contribution in [0, 0.1) is 0 Å².